The maximum absolute atomic E-state index is 4.84. The SMILES string of the molecule is S=c1nc(CCN2CCCC2)[nH]o1. The summed E-state index contributed by atoms with van der Waals surface area (Å²) in [5.41, 5.74) is 0. The highest BCUT2D eigenvalue weighted by molar-refractivity contribution is 7.71. The van der Waals surface area contributed by atoms with Gasteiger partial charge in [-0.2, -0.15) is 4.98 Å². The lowest BCUT2D eigenvalue weighted by atomic mass is 10.4. The van der Waals surface area contributed by atoms with Crippen molar-refractivity contribution < 1.29 is 4.52 Å². The molecule has 13 heavy (non-hydrogen) atoms. The smallest absolute Gasteiger partial charge is 0.314 e. The molecule has 0 atom stereocenters. The van der Waals surface area contributed by atoms with Gasteiger partial charge in [0.2, 0.25) is 0 Å². The van der Waals surface area contributed by atoms with Gasteiger partial charge < -0.3 is 9.42 Å². The van der Waals surface area contributed by atoms with E-state index in [1.54, 1.807) is 0 Å². The van der Waals surface area contributed by atoms with Gasteiger partial charge in [0.05, 0.1) is 0 Å². The highest BCUT2D eigenvalue weighted by Gasteiger charge is 2.11. The minimum absolute atomic E-state index is 0.302. The first-order chi connectivity index (χ1) is 6.34. The number of likely N-dealkylation sites (tertiary alicyclic amines) is 1. The average Bonchev–Trinajstić information content (AvgIpc) is 2.71. The van der Waals surface area contributed by atoms with E-state index in [9.17, 15) is 0 Å². The molecule has 0 aliphatic carbocycles. The molecule has 72 valence electrons. The van der Waals surface area contributed by atoms with Crippen molar-refractivity contribution in [1.82, 2.24) is 15.0 Å². The molecule has 1 saturated heterocycles. The predicted octanol–water partition coefficient (Wildman–Crippen LogP) is 1.37. The van der Waals surface area contributed by atoms with Crippen LogP contribution in [0.3, 0.4) is 0 Å². The van der Waals surface area contributed by atoms with E-state index in [-0.39, 0.29) is 0 Å². The summed E-state index contributed by atoms with van der Waals surface area (Å²) in [5.74, 6) is 0.858. The van der Waals surface area contributed by atoms with Crippen molar-refractivity contribution in [3.05, 3.63) is 10.7 Å². The van der Waals surface area contributed by atoms with E-state index >= 15 is 0 Å². The van der Waals surface area contributed by atoms with Gasteiger partial charge in [-0.25, -0.2) is 5.16 Å². The van der Waals surface area contributed by atoms with Crippen LogP contribution in [0, 0.1) is 4.84 Å². The Morgan fingerprint density at radius 2 is 2.23 bits per heavy atom. The summed E-state index contributed by atoms with van der Waals surface area (Å²) >= 11 is 4.76. The maximum atomic E-state index is 4.84. The molecular weight excluding hydrogens is 186 g/mol. The van der Waals surface area contributed by atoms with Crippen LogP contribution < -0.4 is 0 Å². The fourth-order valence-electron chi connectivity index (χ4n) is 1.64. The van der Waals surface area contributed by atoms with Crippen LogP contribution >= 0.6 is 12.2 Å². The van der Waals surface area contributed by atoms with E-state index < -0.39 is 0 Å². The summed E-state index contributed by atoms with van der Waals surface area (Å²) in [6, 6.07) is 0. The van der Waals surface area contributed by atoms with Gasteiger partial charge in [-0.15, -0.1) is 0 Å². The molecule has 0 saturated carbocycles. The Balaban J connectivity index is 1.82. The van der Waals surface area contributed by atoms with Crippen molar-refractivity contribution in [1.29, 1.82) is 0 Å². The molecule has 1 N–H and O–H groups in total. The van der Waals surface area contributed by atoms with Crippen molar-refractivity contribution in [2.45, 2.75) is 19.3 Å². The highest BCUT2D eigenvalue weighted by atomic mass is 32.1. The molecule has 0 aromatic carbocycles. The van der Waals surface area contributed by atoms with Crippen molar-refractivity contribution in [2.24, 2.45) is 0 Å². The van der Waals surface area contributed by atoms with Gasteiger partial charge in [0, 0.05) is 13.0 Å². The second-order valence-corrected chi connectivity index (χ2v) is 3.68. The largest absolute Gasteiger partial charge is 0.348 e. The van der Waals surface area contributed by atoms with Gasteiger partial charge in [0.25, 0.3) is 0 Å². The lowest BCUT2D eigenvalue weighted by Gasteiger charge is -2.12. The molecule has 1 fully saturated rings. The normalized spacial score (nSPS) is 18.2. The van der Waals surface area contributed by atoms with Crippen LogP contribution in [0.4, 0.5) is 0 Å². The molecule has 2 heterocycles. The fourth-order valence-corrected chi connectivity index (χ4v) is 1.79. The molecule has 0 spiro atoms. The second kappa shape index (κ2) is 4.02. The molecule has 0 amide bonds. The molecular formula is C8H13N3OS. The van der Waals surface area contributed by atoms with E-state index in [4.69, 9.17) is 16.7 Å². The van der Waals surface area contributed by atoms with Crippen molar-refractivity contribution in [3.63, 3.8) is 0 Å². The highest BCUT2D eigenvalue weighted by Crippen LogP contribution is 2.07. The number of nitrogens with zero attached hydrogens (tertiary/aromatic N) is 2. The summed E-state index contributed by atoms with van der Waals surface area (Å²) in [6.07, 6.45) is 3.56. The van der Waals surface area contributed by atoms with Crippen LogP contribution in [0.15, 0.2) is 4.52 Å². The monoisotopic (exact) mass is 199 g/mol. The van der Waals surface area contributed by atoms with E-state index in [1.807, 2.05) is 0 Å². The molecule has 2 rings (SSSR count). The van der Waals surface area contributed by atoms with Crippen LogP contribution in [0.2, 0.25) is 0 Å². The third-order valence-electron chi connectivity index (χ3n) is 2.35. The van der Waals surface area contributed by atoms with Gasteiger partial charge in [0.15, 0.2) is 0 Å². The van der Waals surface area contributed by atoms with Gasteiger partial charge in [-0.1, -0.05) is 0 Å². The first kappa shape index (κ1) is 8.90. The molecule has 0 unspecified atom stereocenters. The van der Waals surface area contributed by atoms with E-state index in [2.05, 4.69) is 15.0 Å². The molecule has 1 aliphatic heterocycles. The first-order valence-corrected chi connectivity index (χ1v) is 5.02. The van der Waals surface area contributed by atoms with Gasteiger partial charge in [-0.3, -0.25) is 0 Å². The topological polar surface area (TPSA) is 45.1 Å². The number of hydrogen-bond donors (Lipinski definition) is 1. The van der Waals surface area contributed by atoms with Crippen molar-refractivity contribution >= 4 is 12.2 Å². The Labute approximate surface area is 81.9 Å². The number of aromatic nitrogens is 2. The Bertz CT molecular complexity index is 313. The second-order valence-electron chi connectivity index (χ2n) is 3.33. The standard InChI is InChI=1S/C8H13N3OS/c13-8-9-7(10-12-8)3-6-11-4-1-2-5-11/h1-6H2,(H,9,10,13). The number of nitrogens with one attached hydrogen (secondary N) is 1. The van der Waals surface area contributed by atoms with Crippen LogP contribution in [-0.4, -0.2) is 34.7 Å². The summed E-state index contributed by atoms with van der Waals surface area (Å²) < 4.78 is 4.84. The summed E-state index contributed by atoms with van der Waals surface area (Å²) in [7, 11) is 0. The maximum Gasteiger partial charge on any atom is 0.314 e. The Morgan fingerprint density at radius 3 is 2.85 bits per heavy atom. The summed E-state index contributed by atoms with van der Waals surface area (Å²) in [4.78, 5) is 6.78. The Morgan fingerprint density at radius 1 is 1.46 bits per heavy atom. The zero-order chi connectivity index (χ0) is 9.10. The van der Waals surface area contributed by atoms with Crippen molar-refractivity contribution in [2.75, 3.05) is 19.6 Å². The third kappa shape index (κ3) is 2.38. The third-order valence-corrected chi connectivity index (χ3v) is 2.52. The molecule has 1 aromatic heterocycles. The molecule has 0 bridgehead atoms. The number of aromatic amines is 1. The lowest BCUT2D eigenvalue weighted by Crippen LogP contribution is -2.22. The van der Waals surface area contributed by atoms with Gasteiger partial charge >= 0.3 is 4.84 Å². The minimum atomic E-state index is 0.302. The average molecular weight is 199 g/mol. The molecule has 5 heteroatoms. The van der Waals surface area contributed by atoms with E-state index in [1.165, 1.54) is 25.9 Å². The Kier molecular flexibility index (Phi) is 2.75. The number of hydrogen-bond acceptors (Lipinski definition) is 4. The number of rotatable bonds is 3. The molecule has 1 aliphatic rings. The molecule has 4 nitrogen and oxygen atoms in total. The van der Waals surface area contributed by atoms with Gasteiger partial charge in [0.1, 0.15) is 5.82 Å². The van der Waals surface area contributed by atoms with Crippen LogP contribution in [0.25, 0.3) is 0 Å². The quantitative estimate of drug-likeness (QED) is 0.747. The predicted molar refractivity (Wildman–Crippen MR) is 51.1 cm³/mol. The number of H-pyrrole nitrogens is 1. The zero-order valence-electron chi connectivity index (χ0n) is 7.45. The molecule has 1 aromatic rings. The van der Waals surface area contributed by atoms with Crippen molar-refractivity contribution in [3.8, 4) is 0 Å². The van der Waals surface area contributed by atoms with E-state index in [0.29, 0.717) is 4.84 Å². The lowest BCUT2D eigenvalue weighted by molar-refractivity contribution is 0.335. The zero-order valence-corrected chi connectivity index (χ0v) is 8.27. The fraction of sp³-hybridized carbons (Fsp3) is 0.750. The van der Waals surface area contributed by atoms with Crippen LogP contribution in [-0.2, 0) is 6.42 Å². The van der Waals surface area contributed by atoms with Crippen LogP contribution in [0.1, 0.15) is 18.7 Å². The van der Waals surface area contributed by atoms with E-state index in [0.717, 1.165) is 18.8 Å². The summed E-state index contributed by atoms with van der Waals surface area (Å²) in [6.45, 7) is 3.50. The summed E-state index contributed by atoms with van der Waals surface area (Å²) in [5, 5.41) is 2.71. The van der Waals surface area contributed by atoms with Crippen LogP contribution in [0.5, 0.6) is 0 Å². The molecule has 0 radical (unpaired) electrons. The van der Waals surface area contributed by atoms with Gasteiger partial charge in [-0.05, 0) is 38.1 Å². The minimum Gasteiger partial charge on any atom is -0.348 e. The Hall–Kier alpha value is -0.680. The first-order valence-electron chi connectivity index (χ1n) is 4.61.